The van der Waals surface area contributed by atoms with Gasteiger partial charge in [0.1, 0.15) is 5.82 Å². The first-order chi connectivity index (χ1) is 12.8. The second-order valence-electron chi connectivity index (χ2n) is 6.89. The molecule has 0 radical (unpaired) electrons. The van der Waals surface area contributed by atoms with E-state index < -0.39 is 21.8 Å². The molecule has 0 bridgehead atoms. The van der Waals surface area contributed by atoms with E-state index in [0.29, 0.717) is 19.4 Å². The summed E-state index contributed by atoms with van der Waals surface area (Å²) in [6.45, 7) is 4.39. The Hall–Kier alpha value is -2.25. The maximum atomic E-state index is 13.1. The molecule has 1 aliphatic rings. The molecule has 1 atom stereocenters. The second kappa shape index (κ2) is 7.78. The first-order valence-corrected chi connectivity index (χ1v) is 10.4. The van der Waals surface area contributed by atoms with Crippen molar-refractivity contribution in [3.63, 3.8) is 0 Å². The number of amides is 1. The number of rotatable bonds is 4. The van der Waals surface area contributed by atoms with Crippen molar-refractivity contribution in [1.82, 2.24) is 4.31 Å². The van der Waals surface area contributed by atoms with Gasteiger partial charge >= 0.3 is 0 Å². The highest BCUT2D eigenvalue weighted by Gasteiger charge is 2.33. The zero-order valence-electron chi connectivity index (χ0n) is 15.4. The average Bonchev–Trinajstić information content (AvgIpc) is 2.66. The molecule has 27 heavy (non-hydrogen) atoms. The molecular formula is C20H23FN2O3S. The monoisotopic (exact) mass is 390 g/mol. The Bertz CT molecular complexity index is 942. The number of hydrogen-bond acceptors (Lipinski definition) is 3. The summed E-state index contributed by atoms with van der Waals surface area (Å²) in [6, 6.07) is 10.5. The number of aryl methyl sites for hydroxylation is 1. The Kier molecular flexibility index (Phi) is 5.62. The highest BCUT2D eigenvalue weighted by Crippen LogP contribution is 2.26. The quantitative estimate of drug-likeness (QED) is 0.869. The standard InChI is InChI=1S/C20H23FN2O3S/c1-14-5-3-7-19(15(14)2)22-20(24)16-6-4-12-23(13-16)27(25,26)18-10-8-17(21)9-11-18/h3,5,7-11,16H,4,6,12-13H2,1-2H3,(H,22,24)/t16-/m1/s1. The second-order valence-corrected chi connectivity index (χ2v) is 8.83. The van der Waals surface area contributed by atoms with Crippen molar-refractivity contribution in [3.8, 4) is 0 Å². The summed E-state index contributed by atoms with van der Waals surface area (Å²) in [7, 11) is -3.75. The molecule has 1 heterocycles. The van der Waals surface area contributed by atoms with Gasteiger partial charge in [-0.3, -0.25) is 4.79 Å². The molecule has 2 aromatic rings. The third-order valence-corrected chi connectivity index (χ3v) is 6.95. The van der Waals surface area contributed by atoms with Crippen LogP contribution < -0.4 is 5.32 Å². The van der Waals surface area contributed by atoms with Crippen molar-refractivity contribution in [1.29, 1.82) is 0 Å². The lowest BCUT2D eigenvalue weighted by Crippen LogP contribution is -2.43. The number of anilines is 1. The summed E-state index contributed by atoms with van der Waals surface area (Å²) in [6.07, 6.45) is 1.23. The van der Waals surface area contributed by atoms with E-state index in [1.54, 1.807) is 0 Å². The molecule has 0 aliphatic carbocycles. The van der Waals surface area contributed by atoms with Gasteiger partial charge in [-0.1, -0.05) is 12.1 Å². The highest BCUT2D eigenvalue weighted by atomic mass is 32.2. The smallest absolute Gasteiger partial charge is 0.243 e. The molecule has 0 unspecified atom stereocenters. The zero-order chi connectivity index (χ0) is 19.6. The number of carbonyl (C=O) groups excluding carboxylic acids is 1. The molecular weight excluding hydrogens is 367 g/mol. The molecule has 0 spiro atoms. The Balaban J connectivity index is 1.74. The van der Waals surface area contributed by atoms with Crippen LogP contribution in [0.2, 0.25) is 0 Å². The minimum atomic E-state index is -3.75. The van der Waals surface area contributed by atoms with Gasteiger partial charge in [0.2, 0.25) is 15.9 Å². The number of sulfonamides is 1. The van der Waals surface area contributed by atoms with Crippen LogP contribution in [-0.4, -0.2) is 31.7 Å². The molecule has 0 aromatic heterocycles. The molecule has 5 nitrogen and oxygen atoms in total. The van der Waals surface area contributed by atoms with Crippen LogP contribution in [0.15, 0.2) is 47.4 Å². The van der Waals surface area contributed by atoms with Crippen LogP contribution in [0.1, 0.15) is 24.0 Å². The molecule has 2 aromatic carbocycles. The van der Waals surface area contributed by atoms with Gasteiger partial charge < -0.3 is 5.32 Å². The molecule has 1 fully saturated rings. The lowest BCUT2D eigenvalue weighted by Gasteiger charge is -2.31. The van der Waals surface area contributed by atoms with Crippen LogP contribution in [-0.2, 0) is 14.8 Å². The summed E-state index contributed by atoms with van der Waals surface area (Å²) in [5.41, 5.74) is 2.83. The number of nitrogens with zero attached hydrogens (tertiary/aromatic N) is 1. The minimum Gasteiger partial charge on any atom is -0.326 e. The fourth-order valence-electron chi connectivity index (χ4n) is 3.25. The van der Waals surface area contributed by atoms with Gasteiger partial charge in [-0.15, -0.1) is 0 Å². The van der Waals surface area contributed by atoms with Crippen LogP contribution in [0.25, 0.3) is 0 Å². The number of nitrogens with one attached hydrogen (secondary N) is 1. The number of halogens is 1. The van der Waals surface area contributed by atoms with Gasteiger partial charge in [0.15, 0.2) is 0 Å². The number of carbonyl (C=O) groups is 1. The van der Waals surface area contributed by atoms with Crippen molar-refractivity contribution in [2.45, 2.75) is 31.6 Å². The maximum absolute atomic E-state index is 13.1. The predicted octanol–water partition coefficient (Wildman–Crippen LogP) is 3.48. The van der Waals surface area contributed by atoms with Crippen molar-refractivity contribution >= 4 is 21.6 Å². The maximum Gasteiger partial charge on any atom is 0.243 e. The summed E-state index contributed by atoms with van der Waals surface area (Å²) in [5, 5.41) is 2.93. The van der Waals surface area contributed by atoms with Gasteiger partial charge in [0.25, 0.3) is 0 Å². The van der Waals surface area contributed by atoms with E-state index in [9.17, 15) is 17.6 Å². The third-order valence-electron chi connectivity index (χ3n) is 5.07. The number of benzene rings is 2. The van der Waals surface area contributed by atoms with Crippen molar-refractivity contribution in [2.24, 2.45) is 5.92 Å². The molecule has 1 amide bonds. The fourth-order valence-corrected chi connectivity index (χ4v) is 4.78. The molecule has 0 saturated carbocycles. The summed E-state index contributed by atoms with van der Waals surface area (Å²) < 4.78 is 40.0. The highest BCUT2D eigenvalue weighted by molar-refractivity contribution is 7.89. The van der Waals surface area contributed by atoms with Gasteiger partial charge in [-0.2, -0.15) is 4.31 Å². The Morgan fingerprint density at radius 1 is 1.15 bits per heavy atom. The number of piperidine rings is 1. The van der Waals surface area contributed by atoms with Crippen LogP contribution in [0.3, 0.4) is 0 Å². The summed E-state index contributed by atoms with van der Waals surface area (Å²) >= 11 is 0. The van der Waals surface area contributed by atoms with E-state index in [1.807, 2.05) is 32.0 Å². The summed E-state index contributed by atoms with van der Waals surface area (Å²) in [5.74, 6) is -1.09. The summed E-state index contributed by atoms with van der Waals surface area (Å²) in [4.78, 5) is 12.7. The molecule has 7 heteroatoms. The van der Waals surface area contributed by atoms with Gasteiger partial charge in [-0.25, -0.2) is 12.8 Å². The number of hydrogen-bond donors (Lipinski definition) is 1. The SMILES string of the molecule is Cc1cccc(NC(=O)[C@@H]2CCCN(S(=O)(=O)c3ccc(F)cc3)C2)c1C. The molecule has 144 valence electrons. The zero-order valence-corrected chi connectivity index (χ0v) is 16.2. The topological polar surface area (TPSA) is 66.5 Å². The average molecular weight is 390 g/mol. The van der Waals surface area contributed by atoms with Crippen molar-refractivity contribution < 1.29 is 17.6 Å². The van der Waals surface area contributed by atoms with E-state index in [-0.39, 0.29) is 17.3 Å². The van der Waals surface area contributed by atoms with E-state index in [0.717, 1.165) is 28.9 Å². The Morgan fingerprint density at radius 2 is 1.85 bits per heavy atom. The fraction of sp³-hybridized carbons (Fsp3) is 0.350. The normalized spacial score (nSPS) is 18.3. The van der Waals surface area contributed by atoms with Crippen LogP contribution in [0, 0.1) is 25.6 Å². The first kappa shape index (κ1) is 19.5. The van der Waals surface area contributed by atoms with Crippen LogP contribution in [0.4, 0.5) is 10.1 Å². The Labute approximate surface area is 159 Å². The first-order valence-electron chi connectivity index (χ1n) is 8.92. The largest absolute Gasteiger partial charge is 0.326 e. The van der Waals surface area contributed by atoms with Gasteiger partial charge in [0, 0.05) is 18.8 Å². The van der Waals surface area contributed by atoms with Gasteiger partial charge in [0.05, 0.1) is 10.8 Å². The Morgan fingerprint density at radius 3 is 2.56 bits per heavy atom. The van der Waals surface area contributed by atoms with E-state index in [4.69, 9.17) is 0 Å². The van der Waals surface area contributed by atoms with Gasteiger partial charge in [-0.05, 0) is 68.1 Å². The minimum absolute atomic E-state index is 0.0412. The predicted molar refractivity (Wildman–Crippen MR) is 102 cm³/mol. The van der Waals surface area contributed by atoms with Crippen LogP contribution in [0.5, 0.6) is 0 Å². The van der Waals surface area contributed by atoms with Crippen molar-refractivity contribution in [2.75, 3.05) is 18.4 Å². The lowest BCUT2D eigenvalue weighted by molar-refractivity contribution is -0.120. The lowest BCUT2D eigenvalue weighted by atomic mass is 9.98. The third kappa shape index (κ3) is 4.20. The molecule has 1 aliphatic heterocycles. The van der Waals surface area contributed by atoms with Crippen molar-refractivity contribution in [3.05, 3.63) is 59.4 Å². The van der Waals surface area contributed by atoms with E-state index in [1.165, 1.54) is 16.4 Å². The van der Waals surface area contributed by atoms with E-state index in [2.05, 4.69) is 5.32 Å². The van der Waals surface area contributed by atoms with Crippen LogP contribution >= 0.6 is 0 Å². The molecule has 1 saturated heterocycles. The van der Waals surface area contributed by atoms with E-state index >= 15 is 0 Å². The molecule has 3 rings (SSSR count). The molecule has 1 N–H and O–H groups in total.